The Morgan fingerprint density at radius 3 is 2.67 bits per heavy atom. The first-order valence-corrected chi connectivity index (χ1v) is 9.47. The van der Waals surface area contributed by atoms with Crippen LogP contribution in [0.3, 0.4) is 0 Å². The van der Waals surface area contributed by atoms with Gasteiger partial charge >= 0.3 is 0 Å². The topological polar surface area (TPSA) is 71.3 Å². The van der Waals surface area contributed by atoms with Gasteiger partial charge in [-0.3, -0.25) is 4.79 Å². The average Bonchev–Trinajstić information content (AvgIpc) is 3.15. The summed E-state index contributed by atoms with van der Waals surface area (Å²) in [6.45, 7) is 3.63. The van der Waals surface area contributed by atoms with Crippen molar-refractivity contribution < 1.29 is 9.32 Å². The number of aromatic nitrogens is 2. The Labute approximate surface area is 167 Å². The molecule has 1 unspecified atom stereocenters. The van der Waals surface area contributed by atoms with Gasteiger partial charge in [-0.05, 0) is 38.8 Å². The largest absolute Gasteiger partial charge is 0.343 e. The van der Waals surface area contributed by atoms with Crippen LogP contribution in [0.25, 0.3) is 0 Å². The molecule has 3 rings (SSSR count). The van der Waals surface area contributed by atoms with Crippen molar-refractivity contribution in [2.45, 2.75) is 51.0 Å². The average molecular weight is 393 g/mol. The fourth-order valence-corrected chi connectivity index (χ4v) is 3.32. The lowest BCUT2D eigenvalue weighted by molar-refractivity contribution is -0.132. The maximum absolute atomic E-state index is 12.4. The van der Waals surface area contributed by atoms with E-state index < -0.39 is 0 Å². The second-order valence-corrected chi connectivity index (χ2v) is 7.08. The van der Waals surface area contributed by atoms with Crippen LogP contribution < -0.4 is 5.32 Å². The van der Waals surface area contributed by atoms with Crippen LogP contribution in [-0.2, 0) is 17.6 Å². The first kappa shape index (κ1) is 21.4. The number of hydrogen-bond donors (Lipinski definition) is 1. The number of aryl methyl sites for hydroxylation is 1. The van der Waals surface area contributed by atoms with Crippen LogP contribution in [0.5, 0.6) is 0 Å². The molecule has 1 aliphatic heterocycles. The molecule has 148 valence electrons. The number of likely N-dealkylation sites (tertiary alicyclic amines) is 1. The van der Waals surface area contributed by atoms with E-state index in [-0.39, 0.29) is 24.2 Å². The van der Waals surface area contributed by atoms with E-state index in [2.05, 4.69) is 34.5 Å². The zero-order valence-electron chi connectivity index (χ0n) is 16.1. The number of benzene rings is 1. The normalized spacial score (nSPS) is 16.0. The van der Waals surface area contributed by atoms with Gasteiger partial charge in [-0.1, -0.05) is 35.5 Å². The zero-order valence-corrected chi connectivity index (χ0v) is 16.9. The monoisotopic (exact) mass is 392 g/mol. The highest BCUT2D eigenvalue weighted by Crippen LogP contribution is 2.27. The van der Waals surface area contributed by atoms with Crippen molar-refractivity contribution in [2.75, 3.05) is 20.1 Å². The lowest BCUT2D eigenvalue weighted by Crippen LogP contribution is -2.38. The van der Waals surface area contributed by atoms with Crippen LogP contribution >= 0.6 is 12.4 Å². The molecule has 2 aromatic rings. The molecule has 7 heteroatoms. The number of nitrogens with one attached hydrogen (secondary N) is 1. The first-order chi connectivity index (χ1) is 12.7. The zero-order chi connectivity index (χ0) is 18.4. The number of likely N-dealkylation sites (N-methyl/N-ethyl adjacent to an activating group) is 1. The van der Waals surface area contributed by atoms with Crippen LogP contribution in [0.2, 0.25) is 0 Å². The number of piperidine rings is 1. The second kappa shape index (κ2) is 10.4. The maximum atomic E-state index is 12.4. The van der Waals surface area contributed by atoms with E-state index in [0.29, 0.717) is 12.5 Å². The molecule has 0 radical (unpaired) electrons. The SMILES string of the molecule is CNC(C)Cc1noc(C2CCN(C(=O)CCc3ccccc3)CC2)n1.Cl. The Hall–Kier alpha value is -1.92. The minimum Gasteiger partial charge on any atom is -0.343 e. The third kappa shape index (κ3) is 6.04. The highest BCUT2D eigenvalue weighted by Gasteiger charge is 2.27. The third-order valence-electron chi connectivity index (χ3n) is 5.13. The van der Waals surface area contributed by atoms with Crippen LogP contribution in [0.1, 0.15) is 49.4 Å². The fraction of sp³-hybridized carbons (Fsp3) is 0.550. The molecule has 2 heterocycles. The quantitative estimate of drug-likeness (QED) is 0.784. The minimum absolute atomic E-state index is 0. The molecule has 0 saturated carbocycles. The summed E-state index contributed by atoms with van der Waals surface area (Å²) in [6.07, 6.45) is 3.91. The van der Waals surface area contributed by atoms with E-state index >= 15 is 0 Å². The Morgan fingerprint density at radius 1 is 1.30 bits per heavy atom. The number of nitrogens with zero attached hydrogens (tertiary/aromatic N) is 3. The van der Waals surface area contributed by atoms with Crippen molar-refractivity contribution in [3.8, 4) is 0 Å². The summed E-state index contributed by atoms with van der Waals surface area (Å²) in [5.74, 6) is 1.98. The number of rotatable bonds is 7. The highest BCUT2D eigenvalue weighted by molar-refractivity contribution is 5.85. The van der Waals surface area contributed by atoms with Gasteiger partial charge in [0.2, 0.25) is 11.8 Å². The van der Waals surface area contributed by atoms with Gasteiger partial charge in [0.15, 0.2) is 5.82 Å². The van der Waals surface area contributed by atoms with E-state index in [4.69, 9.17) is 4.52 Å². The number of hydrogen-bond acceptors (Lipinski definition) is 5. The summed E-state index contributed by atoms with van der Waals surface area (Å²) < 4.78 is 5.46. The Bertz CT molecular complexity index is 699. The van der Waals surface area contributed by atoms with E-state index in [9.17, 15) is 4.79 Å². The Morgan fingerprint density at radius 2 is 2.00 bits per heavy atom. The molecular formula is C20H29ClN4O2. The molecule has 27 heavy (non-hydrogen) atoms. The van der Waals surface area contributed by atoms with Crippen molar-refractivity contribution in [3.63, 3.8) is 0 Å². The molecule has 1 N–H and O–H groups in total. The van der Waals surface area contributed by atoms with Gasteiger partial charge < -0.3 is 14.7 Å². The molecule has 0 bridgehead atoms. The lowest BCUT2D eigenvalue weighted by atomic mass is 9.96. The Kier molecular flexibility index (Phi) is 8.25. The van der Waals surface area contributed by atoms with Crippen molar-refractivity contribution in [1.82, 2.24) is 20.4 Å². The molecule has 1 atom stereocenters. The van der Waals surface area contributed by atoms with Gasteiger partial charge in [0, 0.05) is 37.9 Å². The molecule has 1 aliphatic rings. The maximum Gasteiger partial charge on any atom is 0.229 e. The van der Waals surface area contributed by atoms with Gasteiger partial charge in [-0.15, -0.1) is 12.4 Å². The molecule has 1 aromatic heterocycles. The van der Waals surface area contributed by atoms with Crippen LogP contribution in [-0.4, -0.2) is 47.1 Å². The summed E-state index contributed by atoms with van der Waals surface area (Å²) in [5.41, 5.74) is 1.21. The van der Waals surface area contributed by atoms with Crippen molar-refractivity contribution in [3.05, 3.63) is 47.6 Å². The molecule has 0 aliphatic carbocycles. The molecule has 1 fully saturated rings. The van der Waals surface area contributed by atoms with Crippen LogP contribution in [0.15, 0.2) is 34.9 Å². The van der Waals surface area contributed by atoms with E-state index in [1.165, 1.54) is 5.56 Å². The van der Waals surface area contributed by atoms with Crippen molar-refractivity contribution >= 4 is 18.3 Å². The lowest BCUT2D eigenvalue weighted by Gasteiger charge is -2.30. The van der Waals surface area contributed by atoms with Crippen LogP contribution in [0.4, 0.5) is 0 Å². The standard InChI is InChI=1S/C20H28N4O2.ClH/c1-15(21-2)14-18-22-20(26-23-18)17-10-12-24(13-11-17)19(25)9-8-16-6-4-3-5-7-16;/h3-7,15,17,21H,8-14H2,1-2H3;1H. The Balaban J connectivity index is 0.00000261. The fourth-order valence-electron chi connectivity index (χ4n) is 3.32. The summed E-state index contributed by atoms with van der Waals surface area (Å²) in [4.78, 5) is 19.0. The number of halogens is 1. The number of carbonyl (C=O) groups excluding carboxylic acids is 1. The highest BCUT2D eigenvalue weighted by atomic mass is 35.5. The molecule has 1 saturated heterocycles. The van der Waals surface area contributed by atoms with E-state index in [1.54, 1.807) is 0 Å². The summed E-state index contributed by atoms with van der Waals surface area (Å²) in [7, 11) is 1.93. The molecular weight excluding hydrogens is 364 g/mol. The predicted molar refractivity (Wildman–Crippen MR) is 107 cm³/mol. The minimum atomic E-state index is 0. The van der Waals surface area contributed by atoms with Crippen molar-refractivity contribution in [1.29, 1.82) is 0 Å². The summed E-state index contributed by atoms with van der Waals surface area (Å²) >= 11 is 0. The summed E-state index contributed by atoms with van der Waals surface area (Å²) in [6, 6.07) is 10.5. The van der Waals surface area contributed by atoms with Gasteiger partial charge in [0.05, 0.1) is 0 Å². The van der Waals surface area contributed by atoms with Crippen LogP contribution in [0, 0.1) is 0 Å². The van der Waals surface area contributed by atoms with Gasteiger partial charge in [-0.25, -0.2) is 0 Å². The van der Waals surface area contributed by atoms with Gasteiger partial charge in [0.1, 0.15) is 0 Å². The smallest absolute Gasteiger partial charge is 0.229 e. The second-order valence-electron chi connectivity index (χ2n) is 7.08. The van der Waals surface area contributed by atoms with E-state index in [0.717, 1.165) is 50.5 Å². The molecule has 0 spiro atoms. The predicted octanol–water partition coefficient (Wildman–Crippen LogP) is 2.98. The first-order valence-electron chi connectivity index (χ1n) is 9.47. The molecule has 1 aromatic carbocycles. The van der Waals surface area contributed by atoms with E-state index in [1.807, 2.05) is 30.1 Å². The van der Waals surface area contributed by atoms with Gasteiger partial charge in [-0.2, -0.15) is 4.98 Å². The number of carbonyl (C=O) groups is 1. The molecule has 1 amide bonds. The third-order valence-corrected chi connectivity index (χ3v) is 5.13. The number of amides is 1. The van der Waals surface area contributed by atoms with Gasteiger partial charge in [0.25, 0.3) is 0 Å². The summed E-state index contributed by atoms with van der Waals surface area (Å²) in [5, 5.41) is 7.27. The molecule has 6 nitrogen and oxygen atoms in total. The van der Waals surface area contributed by atoms with Crippen molar-refractivity contribution in [2.24, 2.45) is 0 Å².